The molecule has 0 aromatic rings. The molecule has 0 saturated heterocycles. The van der Waals surface area contributed by atoms with Crippen molar-refractivity contribution in [3.05, 3.63) is 0 Å². The molecule has 1 fully saturated rings. The smallest absolute Gasteiger partial charge is 0.421 e. The number of nitrogens with two attached hydrogens (primary N) is 1. The average molecular weight is 293 g/mol. The van der Waals surface area contributed by atoms with Crippen molar-refractivity contribution in [1.82, 2.24) is 9.03 Å². The van der Waals surface area contributed by atoms with Gasteiger partial charge in [-0.25, -0.2) is 9.52 Å². The number of carbonyl (C=O) groups excluding carboxylic acids is 1. The summed E-state index contributed by atoms with van der Waals surface area (Å²) < 4.78 is 32.3. The van der Waals surface area contributed by atoms with Gasteiger partial charge in [-0.15, -0.1) is 0 Å². The molecule has 1 saturated carbocycles. The first-order chi connectivity index (χ1) is 8.91. The molecule has 0 bridgehead atoms. The van der Waals surface area contributed by atoms with Crippen LogP contribution in [0.15, 0.2) is 0 Å². The summed E-state index contributed by atoms with van der Waals surface area (Å²) >= 11 is 0. The van der Waals surface area contributed by atoms with Crippen LogP contribution in [0.1, 0.15) is 39.5 Å². The predicted octanol–water partition coefficient (Wildman–Crippen LogP) is 0.571. The molecule has 0 atom stereocenters. The Kier molecular flexibility index (Phi) is 5.57. The zero-order chi connectivity index (χ0) is 14.5. The Morgan fingerprint density at radius 2 is 1.95 bits per heavy atom. The average Bonchev–Trinajstić information content (AvgIpc) is 2.78. The summed E-state index contributed by atoms with van der Waals surface area (Å²) in [5, 5.41) is 0. The second-order valence-electron chi connectivity index (χ2n) is 4.63. The third-order valence-corrected chi connectivity index (χ3v) is 5.16. The van der Waals surface area contributed by atoms with Crippen LogP contribution in [0.5, 0.6) is 0 Å². The summed E-state index contributed by atoms with van der Waals surface area (Å²) in [6, 6.07) is 0. The highest BCUT2D eigenvalue weighted by Gasteiger charge is 2.44. The topological polar surface area (TPSA) is 102 Å². The molecule has 7 nitrogen and oxygen atoms in total. The normalized spacial score (nSPS) is 18.5. The van der Waals surface area contributed by atoms with E-state index >= 15 is 0 Å². The van der Waals surface area contributed by atoms with E-state index in [-0.39, 0.29) is 19.7 Å². The number of hydrogen-bond acceptors (Lipinski definition) is 5. The molecule has 8 heteroatoms. The Balaban J connectivity index is 2.91. The van der Waals surface area contributed by atoms with E-state index in [1.165, 1.54) is 4.31 Å². The lowest BCUT2D eigenvalue weighted by Gasteiger charge is -2.38. The van der Waals surface area contributed by atoms with Crippen LogP contribution in [-0.4, -0.2) is 44.1 Å². The van der Waals surface area contributed by atoms with E-state index in [0.717, 1.165) is 25.7 Å². The molecule has 3 N–H and O–H groups in total. The Morgan fingerprint density at radius 3 is 2.37 bits per heavy atom. The largest absolute Gasteiger partial charge is 0.449 e. The van der Waals surface area contributed by atoms with Crippen molar-refractivity contribution in [2.45, 2.75) is 45.1 Å². The molecule has 0 aliphatic heterocycles. The molecule has 112 valence electrons. The molecule has 1 aliphatic rings. The molecule has 1 aliphatic carbocycles. The fraction of sp³-hybridized carbons (Fsp3) is 0.909. The number of carbonyl (C=O) groups is 1. The number of ether oxygens (including phenoxy) is 1. The maximum Gasteiger partial charge on any atom is 0.421 e. The molecule has 0 unspecified atom stereocenters. The van der Waals surface area contributed by atoms with Gasteiger partial charge in [-0.1, -0.05) is 19.8 Å². The van der Waals surface area contributed by atoms with Crippen LogP contribution < -0.4 is 10.5 Å². The standard InChI is InChI=1S/C11H23N3O4S/c1-3-14(11(9-12)7-5-6-8-11)19(16,17)13-10(15)18-4-2/h3-9,12H2,1-2H3,(H,13,15). The van der Waals surface area contributed by atoms with Crippen LogP contribution in [0.4, 0.5) is 4.79 Å². The lowest BCUT2D eigenvalue weighted by atomic mass is 9.98. The van der Waals surface area contributed by atoms with Gasteiger partial charge in [0.25, 0.3) is 0 Å². The SMILES string of the molecule is CCOC(=O)NS(=O)(=O)N(CC)C1(CN)CCCC1. The Hall–Kier alpha value is -0.860. The van der Waals surface area contributed by atoms with Crippen LogP contribution >= 0.6 is 0 Å². The van der Waals surface area contributed by atoms with Gasteiger partial charge in [-0.05, 0) is 19.8 Å². The van der Waals surface area contributed by atoms with Gasteiger partial charge < -0.3 is 10.5 Å². The minimum Gasteiger partial charge on any atom is -0.449 e. The van der Waals surface area contributed by atoms with Crippen molar-refractivity contribution >= 4 is 16.3 Å². The Morgan fingerprint density at radius 1 is 1.37 bits per heavy atom. The lowest BCUT2D eigenvalue weighted by Crippen LogP contribution is -2.58. The minimum absolute atomic E-state index is 0.121. The van der Waals surface area contributed by atoms with E-state index in [2.05, 4.69) is 4.74 Å². The molecule has 1 amide bonds. The molecule has 0 heterocycles. The number of amides is 1. The monoisotopic (exact) mass is 293 g/mol. The van der Waals surface area contributed by atoms with E-state index in [9.17, 15) is 13.2 Å². The van der Waals surface area contributed by atoms with E-state index in [1.54, 1.807) is 13.8 Å². The summed E-state index contributed by atoms with van der Waals surface area (Å²) in [6.07, 6.45) is 2.39. The second-order valence-corrected chi connectivity index (χ2v) is 6.22. The maximum absolute atomic E-state index is 12.3. The van der Waals surface area contributed by atoms with Crippen molar-refractivity contribution in [2.24, 2.45) is 5.73 Å². The van der Waals surface area contributed by atoms with Gasteiger partial charge in [0.15, 0.2) is 0 Å². The third kappa shape index (κ3) is 3.58. The number of nitrogens with zero attached hydrogens (tertiary/aromatic N) is 1. The summed E-state index contributed by atoms with van der Waals surface area (Å²) in [5.41, 5.74) is 5.21. The molecule has 0 radical (unpaired) electrons. The van der Waals surface area contributed by atoms with Gasteiger partial charge in [-0.2, -0.15) is 12.7 Å². The molecular formula is C11H23N3O4S. The first-order valence-corrected chi connectivity index (χ1v) is 8.03. The molecule has 0 spiro atoms. The summed E-state index contributed by atoms with van der Waals surface area (Å²) in [6.45, 7) is 3.99. The van der Waals surface area contributed by atoms with Crippen molar-refractivity contribution in [1.29, 1.82) is 0 Å². The number of rotatable bonds is 6. The highest BCUT2D eigenvalue weighted by molar-refractivity contribution is 7.87. The first-order valence-electron chi connectivity index (χ1n) is 6.59. The van der Waals surface area contributed by atoms with Crippen LogP contribution in [-0.2, 0) is 14.9 Å². The fourth-order valence-corrected chi connectivity index (χ4v) is 4.16. The number of likely N-dealkylation sites (N-methyl/N-ethyl adjacent to an activating group) is 1. The third-order valence-electron chi connectivity index (χ3n) is 3.51. The van der Waals surface area contributed by atoms with Gasteiger partial charge in [0.2, 0.25) is 0 Å². The van der Waals surface area contributed by atoms with E-state index in [1.807, 2.05) is 4.72 Å². The second kappa shape index (κ2) is 6.53. The Bertz CT molecular complexity index is 404. The van der Waals surface area contributed by atoms with Crippen molar-refractivity contribution < 1.29 is 17.9 Å². The first kappa shape index (κ1) is 16.2. The fourth-order valence-electron chi connectivity index (χ4n) is 2.67. The van der Waals surface area contributed by atoms with E-state index in [4.69, 9.17) is 5.73 Å². The van der Waals surface area contributed by atoms with Gasteiger partial charge in [0.1, 0.15) is 0 Å². The van der Waals surface area contributed by atoms with Crippen molar-refractivity contribution in [2.75, 3.05) is 19.7 Å². The van der Waals surface area contributed by atoms with Crippen LogP contribution in [0.2, 0.25) is 0 Å². The van der Waals surface area contributed by atoms with Crippen LogP contribution in [0.25, 0.3) is 0 Å². The lowest BCUT2D eigenvalue weighted by molar-refractivity contribution is 0.155. The van der Waals surface area contributed by atoms with Crippen LogP contribution in [0.3, 0.4) is 0 Å². The molecule has 19 heavy (non-hydrogen) atoms. The zero-order valence-electron chi connectivity index (χ0n) is 11.5. The van der Waals surface area contributed by atoms with Gasteiger partial charge in [0, 0.05) is 18.6 Å². The van der Waals surface area contributed by atoms with E-state index in [0.29, 0.717) is 0 Å². The van der Waals surface area contributed by atoms with Crippen molar-refractivity contribution in [3.8, 4) is 0 Å². The summed E-state index contributed by atoms with van der Waals surface area (Å²) in [4.78, 5) is 11.3. The van der Waals surface area contributed by atoms with E-state index < -0.39 is 21.8 Å². The molecule has 0 aromatic heterocycles. The molecule has 0 aromatic carbocycles. The quantitative estimate of drug-likeness (QED) is 0.745. The van der Waals surface area contributed by atoms with Crippen molar-refractivity contribution in [3.63, 3.8) is 0 Å². The van der Waals surface area contributed by atoms with Crippen LogP contribution in [0, 0.1) is 0 Å². The van der Waals surface area contributed by atoms with Gasteiger partial charge in [-0.3, -0.25) is 0 Å². The number of nitrogens with one attached hydrogen (secondary N) is 1. The van der Waals surface area contributed by atoms with Gasteiger partial charge in [0.05, 0.1) is 6.61 Å². The highest BCUT2D eigenvalue weighted by atomic mass is 32.2. The maximum atomic E-state index is 12.3. The Labute approximate surface area is 114 Å². The molecule has 1 rings (SSSR count). The number of hydrogen-bond donors (Lipinski definition) is 2. The summed E-state index contributed by atoms with van der Waals surface area (Å²) in [7, 11) is -3.92. The highest BCUT2D eigenvalue weighted by Crippen LogP contribution is 2.35. The minimum atomic E-state index is -3.92. The van der Waals surface area contributed by atoms with Gasteiger partial charge >= 0.3 is 16.3 Å². The zero-order valence-corrected chi connectivity index (χ0v) is 12.3. The summed E-state index contributed by atoms with van der Waals surface area (Å²) in [5.74, 6) is 0. The molecular weight excluding hydrogens is 270 g/mol. The predicted molar refractivity (Wildman–Crippen MR) is 71.7 cm³/mol.